The second-order valence-electron chi connectivity index (χ2n) is 5.37. The summed E-state index contributed by atoms with van der Waals surface area (Å²) in [6.45, 7) is 1.33. The van der Waals surface area contributed by atoms with Crippen molar-refractivity contribution in [2.75, 3.05) is 0 Å². The fraction of sp³-hybridized carbons (Fsp3) is 0.176. The van der Waals surface area contributed by atoms with Gasteiger partial charge >= 0.3 is 0 Å². The van der Waals surface area contributed by atoms with Gasteiger partial charge in [0, 0.05) is 5.56 Å². The number of benzene rings is 1. The van der Waals surface area contributed by atoms with Gasteiger partial charge in [-0.1, -0.05) is 30.3 Å². The van der Waals surface area contributed by atoms with Crippen molar-refractivity contribution in [3.8, 4) is 11.3 Å². The first kappa shape index (κ1) is 12.9. The maximum atomic E-state index is 12.3. The molecule has 110 valence electrons. The number of hydrogen-bond acceptors (Lipinski definition) is 3. The van der Waals surface area contributed by atoms with Gasteiger partial charge in [-0.15, -0.1) is 0 Å². The van der Waals surface area contributed by atoms with Crippen LogP contribution < -0.4 is 0 Å². The van der Waals surface area contributed by atoms with Gasteiger partial charge in [-0.2, -0.15) is 5.10 Å². The van der Waals surface area contributed by atoms with E-state index in [1.165, 1.54) is 0 Å². The van der Waals surface area contributed by atoms with Gasteiger partial charge in [0.25, 0.3) is 0 Å². The highest BCUT2D eigenvalue weighted by molar-refractivity contribution is 5.77. The summed E-state index contributed by atoms with van der Waals surface area (Å²) in [7, 11) is 0. The second kappa shape index (κ2) is 5.18. The van der Waals surface area contributed by atoms with Crippen LogP contribution in [0.3, 0.4) is 0 Å². The summed E-state index contributed by atoms with van der Waals surface area (Å²) in [6, 6.07) is 15.8. The van der Waals surface area contributed by atoms with Crippen LogP contribution in [0.1, 0.15) is 11.5 Å². The molecule has 1 aliphatic heterocycles. The number of hydrogen-bond donors (Lipinski definition) is 0. The van der Waals surface area contributed by atoms with Crippen molar-refractivity contribution >= 4 is 5.91 Å². The first-order chi connectivity index (χ1) is 10.8. The second-order valence-corrected chi connectivity index (χ2v) is 5.37. The quantitative estimate of drug-likeness (QED) is 0.746. The number of aromatic nitrogens is 2. The molecular formula is C17H15N3O2. The molecule has 4 rings (SSSR count). The van der Waals surface area contributed by atoms with Crippen LogP contribution in [0.4, 0.5) is 0 Å². The van der Waals surface area contributed by atoms with Crippen LogP contribution in [0.25, 0.3) is 11.3 Å². The van der Waals surface area contributed by atoms with Crippen molar-refractivity contribution in [3.63, 3.8) is 0 Å². The molecule has 22 heavy (non-hydrogen) atoms. The number of rotatable bonds is 3. The zero-order valence-corrected chi connectivity index (χ0v) is 12.0. The Hall–Kier alpha value is -2.82. The minimum atomic E-state index is 0.0617. The standard InChI is InChI=1S/C17H15N3O2/c21-17-12-20-14(10-19(17)11-15-7-4-8-22-15)9-16(18-20)13-5-2-1-3-6-13/h1-9H,10-12H2. The predicted octanol–water partition coefficient (Wildman–Crippen LogP) is 2.69. The molecular weight excluding hydrogens is 278 g/mol. The summed E-state index contributed by atoms with van der Waals surface area (Å²) in [5.74, 6) is 0.858. The van der Waals surface area contributed by atoms with Gasteiger partial charge in [0.1, 0.15) is 12.3 Å². The van der Waals surface area contributed by atoms with Crippen LogP contribution in [0.2, 0.25) is 0 Å². The van der Waals surface area contributed by atoms with Crippen molar-refractivity contribution in [1.29, 1.82) is 0 Å². The van der Waals surface area contributed by atoms with Crippen molar-refractivity contribution in [2.45, 2.75) is 19.6 Å². The summed E-state index contributed by atoms with van der Waals surface area (Å²) >= 11 is 0. The molecule has 0 saturated carbocycles. The molecule has 0 radical (unpaired) electrons. The van der Waals surface area contributed by atoms with E-state index < -0.39 is 0 Å². The average Bonchev–Trinajstić information content (AvgIpc) is 3.18. The molecule has 2 aromatic heterocycles. The van der Waals surface area contributed by atoms with Crippen molar-refractivity contribution in [1.82, 2.24) is 14.7 Å². The first-order valence-corrected chi connectivity index (χ1v) is 7.22. The highest BCUT2D eigenvalue weighted by Gasteiger charge is 2.25. The van der Waals surface area contributed by atoms with Gasteiger partial charge in [0.05, 0.1) is 30.7 Å². The lowest BCUT2D eigenvalue weighted by atomic mass is 10.1. The molecule has 0 atom stereocenters. The van der Waals surface area contributed by atoms with Crippen LogP contribution in [0, 0.1) is 0 Å². The Morgan fingerprint density at radius 2 is 1.95 bits per heavy atom. The molecule has 1 aromatic carbocycles. The Morgan fingerprint density at radius 1 is 1.09 bits per heavy atom. The van der Waals surface area contributed by atoms with Crippen molar-refractivity contribution in [3.05, 3.63) is 66.2 Å². The Balaban J connectivity index is 1.60. The van der Waals surface area contributed by atoms with Gasteiger partial charge in [-0.3, -0.25) is 9.48 Å². The summed E-state index contributed by atoms with van der Waals surface area (Å²) in [5.41, 5.74) is 3.02. The molecule has 0 spiro atoms. The fourth-order valence-corrected chi connectivity index (χ4v) is 2.72. The Morgan fingerprint density at radius 3 is 2.73 bits per heavy atom. The lowest BCUT2D eigenvalue weighted by Gasteiger charge is -2.26. The van der Waals surface area contributed by atoms with Crippen LogP contribution in [0.5, 0.6) is 0 Å². The number of carbonyl (C=O) groups is 1. The average molecular weight is 293 g/mol. The Labute approximate surface area is 127 Å². The number of fused-ring (bicyclic) bond motifs is 1. The molecule has 5 nitrogen and oxygen atoms in total. The largest absolute Gasteiger partial charge is 0.467 e. The first-order valence-electron chi connectivity index (χ1n) is 7.22. The molecule has 0 saturated heterocycles. The number of carbonyl (C=O) groups excluding carboxylic acids is 1. The molecule has 0 unspecified atom stereocenters. The van der Waals surface area contributed by atoms with Gasteiger partial charge < -0.3 is 9.32 Å². The highest BCUT2D eigenvalue weighted by atomic mass is 16.3. The Bertz CT molecular complexity index is 791. The summed E-state index contributed by atoms with van der Waals surface area (Å²) in [6.07, 6.45) is 1.63. The van der Waals surface area contributed by atoms with Crippen molar-refractivity contribution < 1.29 is 9.21 Å². The molecule has 5 heteroatoms. The fourth-order valence-electron chi connectivity index (χ4n) is 2.72. The smallest absolute Gasteiger partial charge is 0.245 e. The van der Waals surface area contributed by atoms with Crippen LogP contribution in [-0.4, -0.2) is 20.6 Å². The van der Waals surface area contributed by atoms with E-state index in [-0.39, 0.29) is 12.5 Å². The topological polar surface area (TPSA) is 51.3 Å². The summed E-state index contributed by atoms with van der Waals surface area (Å²) in [4.78, 5) is 14.0. The Kier molecular flexibility index (Phi) is 3.04. The maximum Gasteiger partial charge on any atom is 0.245 e. The monoisotopic (exact) mass is 293 g/mol. The van der Waals surface area contributed by atoms with Gasteiger partial charge in [-0.05, 0) is 18.2 Å². The molecule has 0 bridgehead atoms. The van der Waals surface area contributed by atoms with E-state index in [2.05, 4.69) is 11.2 Å². The van der Waals surface area contributed by atoms with E-state index in [0.717, 1.165) is 22.7 Å². The molecule has 0 N–H and O–H groups in total. The van der Waals surface area contributed by atoms with Gasteiger partial charge in [0.15, 0.2) is 0 Å². The molecule has 3 heterocycles. The normalized spacial score (nSPS) is 14.2. The summed E-state index contributed by atoms with van der Waals surface area (Å²) in [5, 5.41) is 4.55. The van der Waals surface area contributed by atoms with Crippen molar-refractivity contribution in [2.24, 2.45) is 0 Å². The van der Waals surface area contributed by atoms with E-state index in [9.17, 15) is 4.79 Å². The van der Waals surface area contributed by atoms with E-state index in [1.54, 1.807) is 15.8 Å². The minimum absolute atomic E-state index is 0.0617. The van der Waals surface area contributed by atoms with Crippen LogP contribution >= 0.6 is 0 Å². The molecule has 1 amide bonds. The number of furan rings is 1. The molecule has 1 aliphatic rings. The van der Waals surface area contributed by atoms with E-state index in [0.29, 0.717) is 13.1 Å². The van der Waals surface area contributed by atoms with E-state index in [1.807, 2.05) is 42.5 Å². The van der Waals surface area contributed by atoms with Gasteiger partial charge in [-0.25, -0.2) is 0 Å². The third kappa shape index (κ3) is 2.30. The summed E-state index contributed by atoms with van der Waals surface area (Å²) < 4.78 is 7.13. The lowest BCUT2D eigenvalue weighted by molar-refractivity contribution is -0.135. The third-order valence-corrected chi connectivity index (χ3v) is 3.85. The molecule has 0 fully saturated rings. The zero-order valence-electron chi connectivity index (χ0n) is 12.0. The van der Waals surface area contributed by atoms with Crippen LogP contribution in [0.15, 0.2) is 59.2 Å². The highest BCUT2D eigenvalue weighted by Crippen LogP contribution is 2.23. The van der Waals surface area contributed by atoms with E-state index in [4.69, 9.17) is 4.42 Å². The maximum absolute atomic E-state index is 12.3. The lowest BCUT2D eigenvalue weighted by Crippen LogP contribution is -2.38. The molecule has 0 aliphatic carbocycles. The minimum Gasteiger partial charge on any atom is -0.467 e. The number of nitrogens with zero attached hydrogens (tertiary/aromatic N) is 3. The molecule has 3 aromatic rings. The zero-order chi connectivity index (χ0) is 14.9. The third-order valence-electron chi connectivity index (χ3n) is 3.85. The van der Waals surface area contributed by atoms with E-state index >= 15 is 0 Å². The van der Waals surface area contributed by atoms with Crippen LogP contribution in [-0.2, 0) is 24.4 Å². The number of amides is 1. The SMILES string of the molecule is O=C1Cn2nc(-c3ccccc3)cc2CN1Cc1ccco1. The van der Waals surface area contributed by atoms with Gasteiger partial charge in [0.2, 0.25) is 5.91 Å². The predicted molar refractivity (Wildman–Crippen MR) is 80.6 cm³/mol.